The number of ether oxygens (including phenoxy) is 3. The average molecular weight is 605 g/mol. The van der Waals surface area contributed by atoms with Crippen molar-refractivity contribution in [1.82, 2.24) is 0 Å². The van der Waals surface area contributed by atoms with Crippen LogP contribution in [-0.2, 0) is 19.0 Å². The zero-order chi connectivity index (χ0) is 30.6. The van der Waals surface area contributed by atoms with Crippen molar-refractivity contribution in [3.05, 3.63) is 0 Å². The highest BCUT2D eigenvalue weighted by atomic mass is 16.7. The molecule has 0 spiro atoms. The molecule has 4 rings (SSSR count). The third-order valence-corrected chi connectivity index (χ3v) is 12.4. The molecule has 5 heteroatoms. The van der Waals surface area contributed by atoms with Crippen molar-refractivity contribution in [2.24, 2.45) is 41.4 Å². The summed E-state index contributed by atoms with van der Waals surface area (Å²) in [4.78, 5) is 11.6. The van der Waals surface area contributed by atoms with Gasteiger partial charge in [0, 0.05) is 13.5 Å². The average Bonchev–Trinajstić information content (AvgIpc) is 3.00. The molecule has 5 nitrogen and oxygen atoms in total. The minimum absolute atomic E-state index is 0.0736. The minimum atomic E-state index is -0.126. The Morgan fingerprint density at radius 1 is 0.721 bits per heavy atom. The van der Waals surface area contributed by atoms with E-state index in [1.165, 1.54) is 109 Å². The standard InChI is InChI=1S/C38H68O5/c1-5-31(33-13-21-38(22-14-33)43-29(4)41-24-23-30-9-7-6-8-10-30)26-35(25-27(2)32-11-17-36(40)18-12-32)34-15-19-37(20-16-34)42-28(3)39/h27,29-38,40H,5-26H2,1-4H3. The van der Waals surface area contributed by atoms with Crippen LogP contribution in [0.25, 0.3) is 0 Å². The molecule has 4 atom stereocenters. The van der Waals surface area contributed by atoms with Crippen LogP contribution in [0.4, 0.5) is 0 Å². The fraction of sp³-hybridized carbons (Fsp3) is 0.974. The van der Waals surface area contributed by atoms with Gasteiger partial charge in [0.2, 0.25) is 0 Å². The SMILES string of the molecule is CCC(CC(CC(C)C1CCC(O)CC1)C1CCC(OC(C)=O)CC1)C1CCC(OC(C)OCCC2CCCCC2)CC1. The lowest BCUT2D eigenvalue weighted by Gasteiger charge is -2.41. The summed E-state index contributed by atoms with van der Waals surface area (Å²) in [6.07, 6.45) is 26.3. The lowest BCUT2D eigenvalue weighted by molar-refractivity contribution is -0.170. The predicted molar refractivity (Wildman–Crippen MR) is 175 cm³/mol. The van der Waals surface area contributed by atoms with E-state index in [1.807, 2.05) is 0 Å². The first kappa shape index (κ1) is 35.2. The molecule has 0 bridgehead atoms. The summed E-state index contributed by atoms with van der Waals surface area (Å²) in [6, 6.07) is 0. The van der Waals surface area contributed by atoms with E-state index in [-0.39, 0.29) is 24.5 Å². The van der Waals surface area contributed by atoms with E-state index in [0.717, 1.165) is 73.7 Å². The fourth-order valence-electron chi connectivity index (χ4n) is 9.70. The van der Waals surface area contributed by atoms with Gasteiger partial charge in [-0.25, -0.2) is 0 Å². The lowest BCUT2D eigenvalue weighted by atomic mass is 9.66. The quantitative estimate of drug-likeness (QED) is 0.149. The molecular weight excluding hydrogens is 536 g/mol. The van der Waals surface area contributed by atoms with Crippen molar-refractivity contribution < 1.29 is 24.1 Å². The van der Waals surface area contributed by atoms with Crippen molar-refractivity contribution in [3.8, 4) is 0 Å². The zero-order valence-corrected chi connectivity index (χ0v) is 28.5. The normalized spacial score (nSPS) is 33.8. The Hall–Kier alpha value is -0.650. The van der Waals surface area contributed by atoms with Crippen LogP contribution in [0.5, 0.6) is 0 Å². The Morgan fingerprint density at radius 2 is 1.30 bits per heavy atom. The maximum atomic E-state index is 11.6. The highest BCUT2D eigenvalue weighted by Crippen LogP contribution is 2.45. The van der Waals surface area contributed by atoms with E-state index in [2.05, 4.69) is 20.8 Å². The monoisotopic (exact) mass is 605 g/mol. The fourth-order valence-corrected chi connectivity index (χ4v) is 9.70. The summed E-state index contributed by atoms with van der Waals surface area (Å²) in [5, 5.41) is 10.1. The molecule has 0 aromatic heterocycles. The van der Waals surface area contributed by atoms with E-state index in [9.17, 15) is 9.90 Å². The molecule has 4 aliphatic carbocycles. The van der Waals surface area contributed by atoms with Gasteiger partial charge in [-0.15, -0.1) is 0 Å². The van der Waals surface area contributed by atoms with Gasteiger partial charge in [0.15, 0.2) is 6.29 Å². The summed E-state index contributed by atoms with van der Waals surface area (Å²) in [6.45, 7) is 9.44. The Kier molecular flexibility index (Phi) is 15.1. The first-order chi connectivity index (χ1) is 20.8. The number of hydrogen-bond acceptors (Lipinski definition) is 5. The summed E-state index contributed by atoms with van der Waals surface area (Å²) >= 11 is 0. The van der Waals surface area contributed by atoms with Crippen LogP contribution in [-0.4, -0.2) is 42.3 Å². The van der Waals surface area contributed by atoms with Crippen LogP contribution in [0.2, 0.25) is 0 Å². The predicted octanol–water partition coefficient (Wildman–Crippen LogP) is 9.63. The molecule has 0 aliphatic heterocycles. The van der Waals surface area contributed by atoms with Crippen LogP contribution in [0.1, 0.15) is 163 Å². The van der Waals surface area contributed by atoms with Crippen molar-refractivity contribution in [1.29, 1.82) is 0 Å². The van der Waals surface area contributed by atoms with Gasteiger partial charge in [-0.1, -0.05) is 52.4 Å². The second kappa shape index (κ2) is 18.5. The van der Waals surface area contributed by atoms with Crippen molar-refractivity contribution >= 4 is 5.97 Å². The topological polar surface area (TPSA) is 65.0 Å². The number of esters is 1. The van der Waals surface area contributed by atoms with Crippen molar-refractivity contribution in [2.45, 2.75) is 187 Å². The lowest BCUT2D eigenvalue weighted by Crippen LogP contribution is -2.33. The van der Waals surface area contributed by atoms with E-state index in [0.29, 0.717) is 6.10 Å². The van der Waals surface area contributed by atoms with Crippen molar-refractivity contribution in [3.63, 3.8) is 0 Å². The van der Waals surface area contributed by atoms with Gasteiger partial charge in [0.05, 0.1) is 12.2 Å². The number of rotatable bonds is 15. The largest absolute Gasteiger partial charge is 0.463 e. The maximum Gasteiger partial charge on any atom is 0.302 e. The molecule has 0 aromatic rings. The van der Waals surface area contributed by atoms with E-state index in [1.54, 1.807) is 6.92 Å². The summed E-state index contributed by atoms with van der Waals surface area (Å²) in [5.74, 6) is 5.36. The molecular formula is C38H68O5. The van der Waals surface area contributed by atoms with E-state index >= 15 is 0 Å². The first-order valence-electron chi connectivity index (χ1n) is 18.9. The number of hydrogen-bond donors (Lipinski definition) is 1. The third-order valence-electron chi connectivity index (χ3n) is 12.4. The summed E-state index contributed by atoms with van der Waals surface area (Å²) in [5.41, 5.74) is 0. The first-order valence-corrected chi connectivity index (χ1v) is 18.9. The van der Waals surface area contributed by atoms with Crippen LogP contribution in [0.3, 0.4) is 0 Å². The third kappa shape index (κ3) is 11.9. The molecule has 0 amide bonds. The molecule has 1 N–H and O–H groups in total. The molecule has 4 fully saturated rings. The molecule has 0 heterocycles. The van der Waals surface area contributed by atoms with E-state index in [4.69, 9.17) is 14.2 Å². The number of aliphatic hydroxyl groups is 1. The molecule has 0 radical (unpaired) electrons. The maximum absolute atomic E-state index is 11.6. The summed E-state index contributed by atoms with van der Waals surface area (Å²) in [7, 11) is 0. The van der Waals surface area contributed by atoms with Crippen LogP contribution < -0.4 is 0 Å². The Balaban J connectivity index is 1.25. The minimum Gasteiger partial charge on any atom is -0.463 e. The van der Waals surface area contributed by atoms with Crippen LogP contribution >= 0.6 is 0 Å². The van der Waals surface area contributed by atoms with Crippen LogP contribution in [0, 0.1) is 41.4 Å². The zero-order valence-electron chi connectivity index (χ0n) is 28.5. The number of carbonyl (C=O) groups excluding carboxylic acids is 1. The van der Waals surface area contributed by atoms with E-state index < -0.39 is 0 Å². The second-order valence-corrected chi connectivity index (χ2v) is 15.5. The Labute approximate surface area is 265 Å². The molecule has 4 unspecified atom stereocenters. The number of carbonyl (C=O) groups is 1. The van der Waals surface area contributed by atoms with Gasteiger partial charge in [0.1, 0.15) is 6.10 Å². The van der Waals surface area contributed by atoms with Gasteiger partial charge >= 0.3 is 5.97 Å². The van der Waals surface area contributed by atoms with Crippen molar-refractivity contribution in [2.75, 3.05) is 6.61 Å². The molecule has 43 heavy (non-hydrogen) atoms. The van der Waals surface area contributed by atoms with Gasteiger partial charge in [-0.2, -0.15) is 0 Å². The molecule has 250 valence electrons. The second-order valence-electron chi connectivity index (χ2n) is 15.5. The Bertz CT molecular complexity index is 756. The Morgan fingerprint density at radius 3 is 1.91 bits per heavy atom. The van der Waals surface area contributed by atoms with Gasteiger partial charge in [-0.05, 0) is 145 Å². The highest BCUT2D eigenvalue weighted by molar-refractivity contribution is 5.66. The van der Waals surface area contributed by atoms with Crippen LogP contribution in [0.15, 0.2) is 0 Å². The summed E-state index contributed by atoms with van der Waals surface area (Å²) < 4.78 is 18.1. The van der Waals surface area contributed by atoms with Gasteiger partial charge in [0.25, 0.3) is 0 Å². The molecule has 4 aliphatic rings. The number of aliphatic hydroxyl groups excluding tert-OH is 1. The molecule has 4 saturated carbocycles. The molecule has 0 aromatic carbocycles. The smallest absolute Gasteiger partial charge is 0.302 e. The molecule has 0 saturated heterocycles. The highest BCUT2D eigenvalue weighted by Gasteiger charge is 2.36. The van der Waals surface area contributed by atoms with Gasteiger partial charge in [-0.3, -0.25) is 4.79 Å². The van der Waals surface area contributed by atoms with Gasteiger partial charge < -0.3 is 19.3 Å².